The lowest BCUT2D eigenvalue weighted by Gasteiger charge is -2.26. The molecule has 1 heterocycles. The first-order valence-corrected chi connectivity index (χ1v) is 15.1. The Morgan fingerprint density at radius 3 is 2.29 bits per heavy atom. The van der Waals surface area contributed by atoms with Gasteiger partial charge in [0, 0.05) is 37.3 Å². The number of benzene rings is 2. The van der Waals surface area contributed by atoms with Crippen LogP contribution in [0.5, 0.6) is 0 Å². The van der Waals surface area contributed by atoms with Crippen LogP contribution in [0.2, 0.25) is 19.6 Å². The topological polar surface area (TPSA) is 12.5 Å². The molecule has 0 amide bonds. The number of ether oxygens (including phenoxy) is 1. The Kier molecular flexibility index (Phi) is 8.24. The molecule has 0 aromatic heterocycles. The third kappa shape index (κ3) is 7.40. The summed E-state index contributed by atoms with van der Waals surface area (Å²) in [6, 6.07) is 13.5. The molecule has 0 unspecified atom stereocenters. The van der Waals surface area contributed by atoms with Gasteiger partial charge in [0.05, 0.1) is 13.2 Å². The van der Waals surface area contributed by atoms with Crippen LogP contribution in [-0.4, -0.2) is 44.1 Å². The van der Waals surface area contributed by atoms with Crippen molar-refractivity contribution in [2.24, 2.45) is 0 Å². The Bertz CT molecular complexity index is 973. The normalized spacial score (nSPS) is 14.7. The summed E-state index contributed by atoms with van der Waals surface area (Å²) in [6.07, 6.45) is 1.61. The molecule has 0 saturated carbocycles. The molecule has 0 atom stereocenters. The van der Waals surface area contributed by atoms with Crippen LogP contribution in [0.1, 0.15) is 33.4 Å². The van der Waals surface area contributed by atoms with Crippen LogP contribution < -0.4 is 0 Å². The molecule has 0 N–H and O–H groups in total. The molecule has 0 aliphatic carbocycles. The third-order valence-corrected chi connectivity index (χ3v) is 6.91. The summed E-state index contributed by atoms with van der Waals surface area (Å²) in [5.41, 5.74) is 11.2. The van der Waals surface area contributed by atoms with Gasteiger partial charge in [-0.1, -0.05) is 62.2 Å². The predicted molar refractivity (Wildman–Crippen MR) is 139 cm³/mol. The van der Waals surface area contributed by atoms with Crippen LogP contribution in [0, 0.1) is 25.3 Å². The van der Waals surface area contributed by atoms with E-state index in [2.05, 4.69) is 86.3 Å². The van der Waals surface area contributed by atoms with Crippen molar-refractivity contribution in [3.63, 3.8) is 0 Å². The van der Waals surface area contributed by atoms with Crippen molar-refractivity contribution in [2.75, 3.05) is 26.3 Å². The van der Waals surface area contributed by atoms with Crippen molar-refractivity contribution >= 4 is 25.2 Å². The highest BCUT2D eigenvalue weighted by Crippen LogP contribution is 2.20. The fourth-order valence-electron chi connectivity index (χ4n) is 3.85. The minimum atomic E-state index is -1.34. The Morgan fingerprint density at radius 2 is 1.65 bits per heavy atom. The fourth-order valence-corrected chi connectivity index (χ4v) is 4.86. The summed E-state index contributed by atoms with van der Waals surface area (Å²) in [7, 11) is -1.34. The van der Waals surface area contributed by atoms with E-state index >= 15 is 0 Å². The van der Waals surface area contributed by atoms with Gasteiger partial charge in [0.25, 0.3) is 0 Å². The van der Waals surface area contributed by atoms with Gasteiger partial charge < -0.3 is 4.74 Å². The molecule has 0 radical (unpaired) electrons. The first-order chi connectivity index (χ1) is 14.7. The van der Waals surface area contributed by atoms with E-state index in [4.69, 9.17) is 17.0 Å². The monoisotopic (exact) mass is 449 g/mol. The molecule has 2 nitrogen and oxygen atoms in total. The van der Waals surface area contributed by atoms with Crippen molar-refractivity contribution in [1.82, 2.24) is 4.90 Å². The predicted octanol–water partition coefficient (Wildman–Crippen LogP) is 5.52. The van der Waals surface area contributed by atoms with E-state index in [9.17, 15) is 0 Å². The molecular weight excluding hydrogens is 414 g/mol. The third-order valence-electron chi connectivity index (χ3n) is 5.62. The van der Waals surface area contributed by atoms with E-state index in [1.807, 2.05) is 0 Å². The van der Waals surface area contributed by atoms with E-state index in [-0.39, 0.29) is 0 Å². The van der Waals surface area contributed by atoms with Crippen LogP contribution in [0.3, 0.4) is 0 Å². The molecule has 0 bridgehead atoms. The standard InChI is InChI=1S/C27H35NOSSi/c1-21-17-22(2)26(19-25(21)7-6-16-31(3,4)5)27(30)18-23-8-10-24(11-9-23)20-28-12-14-29-15-13-28/h8-11,17,19H,7,12-15,18,20H2,1-5H3. The van der Waals surface area contributed by atoms with E-state index < -0.39 is 8.07 Å². The summed E-state index contributed by atoms with van der Waals surface area (Å²) in [6.45, 7) is 15.9. The van der Waals surface area contributed by atoms with Gasteiger partial charge in [0.1, 0.15) is 8.07 Å². The quantitative estimate of drug-likeness (QED) is 0.249. The molecule has 0 spiro atoms. The fraction of sp³-hybridized carbons (Fsp3) is 0.444. The second kappa shape index (κ2) is 10.7. The highest BCUT2D eigenvalue weighted by Gasteiger charge is 2.12. The lowest BCUT2D eigenvalue weighted by molar-refractivity contribution is 0.0342. The largest absolute Gasteiger partial charge is 0.379 e. The highest BCUT2D eigenvalue weighted by atomic mass is 32.1. The molecule has 1 saturated heterocycles. The number of hydrogen-bond donors (Lipinski definition) is 0. The van der Waals surface area contributed by atoms with Crippen molar-refractivity contribution in [2.45, 2.75) is 52.9 Å². The minimum absolute atomic E-state index is 0.803. The van der Waals surface area contributed by atoms with Crippen LogP contribution in [-0.2, 0) is 24.1 Å². The van der Waals surface area contributed by atoms with Gasteiger partial charge in [-0.2, -0.15) is 0 Å². The van der Waals surface area contributed by atoms with Gasteiger partial charge >= 0.3 is 0 Å². The van der Waals surface area contributed by atoms with E-state index in [0.29, 0.717) is 0 Å². The Morgan fingerprint density at radius 1 is 1.00 bits per heavy atom. The van der Waals surface area contributed by atoms with Gasteiger partial charge in [0.15, 0.2) is 0 Å². The smallest absolute Gasteiger partial charge is 0.129 e. The van der Waals surface area contributed by atoms with Crippen molar-refractivity contribution < 1.29 is 4.74 Å². The average Bonchev–Trinajstić information content (AvgIpc) is 2.71. The molecule has 1 aliphatic heterocycles. The first-order valence-electron chi connectivity index (χ1n) is 11.2. The number of rotatable bonds is 6. The maximum absolute atomic E-state index is 5.88. The van der Waals surface area contributed by atoms with Gasteiger partial charge in [0.2, 0.25) is 0 Å². The number of nitrogens with zero attached hydrogens (tertiary/aromatic N) is 1. The second-order valence-electron chi connectivity index (χ2n) is 9.63. The number of aryl methyl sites for hydroxylation is 2. The average molecular weight is 450 g/mol. The summed E-state index contributed by atoms with van der Waals surface area (Å²) < 4.78 is 5.44. The molecule has 1 fully saturated rings. The summed E-state index contributed by atoms with van der Waals surface area (Å²) in [4.78, 5) is 3.46. The maximum atomic E-state index is 5.88. The Hall–Kier alpha value is -1.77. The number of hydrogen-bond acceptors (Lipinski definition) is 3. The zero-order chi connectivity index (χ0) is 22.4. The molecular formula is C27H35NOSSi. The van der Waals surface area contributed by atoms with Gasteiger partial charge in [-0.05, 0) is 53.3 Å². The Balaban J connectivity index is 1.67. The Labute approximate surface area is 195 Å². The molecule has 31 heavy (non-hydrogen) atoms. The van der Waals surface area contributed by atoms with E-state index in [0.717, 1.165) is 50.6 Å². The van der Waals surface area contributed by atoms with Crippen LogP contribution in [0.15, 0.2) is 36.4 Å². The van der Waals surface area contributed by atoms with Crippen LogP contribution >= 0.6 is 12.2 Å². The van der Waals surface area contributed by atoms with Gasteiger partial charge in [-0.25, -0.2) is 0 Å². The molecule has 2 aromatic carbocycles. The van der Waals surface area contributed by atoms with E-state index in [1.165, 1.54) is 33.4 Å². The molecule has 1 aliphatic rings. The lowest BCUT2D eigenvalue weighted by atomic mass is 9.94. The zero-order valence-corrected chi connectivity index (χ0v) is 21.5. The maximum Gasteiger partial charge on any atom is 0.129 e. The minimum Gasteiger partial charge on any atom is -0.379 e. The SMILES string of the molecule is Cc1cc(C)c(C(=S)Cc2ccc(CN3CCOCC3)cc2)cc1CC#C[Si](C)(C)C. The number of thiocarbonyl (C=S) groups is 1. The summed E-state index contributed by atoms with van der Waals surface area (Å²) >= 11 is 5.88. The first kappa shape index (κ1) is 23.9. The van der Waals surface area contributed by atoms with Crippen LogP contribution in [0.4, 0.5) is 0 Å². The molecule has 4 heteroatoms. The van der Waals surface area contributed by atoms with Gasteiger partial charge in [-0.15, -0.1) is 11.5 Å². The summed E-state index contributed by atoms with van der Waals surface area (Å²) in [5.74, 6) is 3.41. The van der Waals surface area contributed by atoms with Gasteiger partial charge in [-0.3, -0.25) is 4.90 Å². The molecule has 164 valence electrons. The molecule has 2 aromatic rings. The van der Waals surface area contributed by atoms with Crippen molar-refractivity contribution in [3.8, 4) is 11.5 Å². The van der Waals surface area contributed by atoms with Crippen molar-refractivity contribution in [1.29, 1.82) is 0 Å². The zero-order valence-electron chi connectivity index (χ0n) is 19.7. The number of morpholine rings is 1. The highest BCUT2D eigenvalue weighted by molar-refractivity contribution is 7.80. The molecule has 3 rings (SSSR count). The van der Waals surface area contributed by atoms with Crippen LogP contribution in [0.25, 0.3) is 0 Å². The van der Waals surface area contributed by atoms with Crippen molar-refractivity contribution in [3.05, 3.63) is 69.8 Å². The lowest BCUT2D eigenvalue weighted by Crippen LogP contribution is -2.35. The van der Waals surface area contributed by atoms with E-state index in [1.54, 1.807) is 0 Å². The summed E-state index contributed by atoms with van der Waals surface area (Å²) in [5, 5.41) is 0. The second-order valence-corrected chi connectivity index (χ2v) is 14.9.